The Labute approximate surface area is 104 Å². The van der Waals surface area contributed by atoms with Crippen LogP contribution in [0.25, 0.3) is 11.4 Å². The van der Waals surface area contributed by atoms with E-state index in [0.29, 0.717) is 5.56 Å². The Bertz CT molecular complexity index is 561. The van der Waals surface area contributed by atoms with E-state index in [1.807, 2.05) is 18.2 Å². The first-order chi connectivity index (χ1) is 8.74. The molecular formula is C12H12N4O2. The van der Waals surface area contributed by atoms with Gasteiger partial charge in [-0.3, -0.25) is 0 Å². The van der Waals surface area contributed by atoms with E-state index in [1.165, 1.54) is 24.4 Å². The number of nitrogens with zero attached hydrogens (tertiary/aromatic N) is 3. The zero-order valence-electron chi connectivity index (χ0n) is 9.78. The Balaban J connectivity index is 2.56. The van der Waals surface area contributed by atoms with E-state index in [1.54, 1.807) is 12.1 Å². The predicted octanol–water partition coefficient (Wildman–Crippen LogP) is 0.736. The summed E-state index contributed by atoms with van der Waals surface area (Å²) in [5.74, 6) is -0.568. The fourth-order valence-corrected chi connectivity index (χ4v) is 1.50. The maximum absolute atomic E-state index is 11.8. The summed E-state index contributed by atoms with van der Waals surface area (Å²) in [5, 5.41) is 3.90. The van der Waals surface area contributed by atoms with Crippen LogP contribution in [0.3, 0.4) is 0 Å². The third-order valence-electron chi connectivity index (χ3n) is 2.37. The van der Waals surface area contributed by atoms with Crippen molar-refractivity contribution in [3.63, 3.8) is 0 Å². The molecule has 1 heterocycles. The standard InChI is InChI=1S/C12H12N4O2/c1-18-12(17)11(16-8-14-7-15-16)10(13)9-5-3-2-4-6-9/h2-8H,13H2,1H3/b11-10+. The Morgan fingerprint density at radius 3 is 2.61 bits per heavy atom. The van der Waals surface area contributed by atoms with E-state index in [4.69, 9.17) is 10.5 Å². The number of hydrogen-bond acceptors (Lipinski definition) is 5. The summed E-state index contributed by atoms with van der Waals surface area (Å²) in [7, 11) is 1.29. The summed E-state index contributed by atoms with van der Waals surface area (Å²) < 4.78 is 6.00. The molecule has 0 atom stereocenters. The van der Waals surface area contributed by atoms with Crippen molar-refractivity contribution in [1.82, 2.24) is 14.8 Å². The lowest BCUT2D eigenvalue weighted by Crippen LogP contribution is -2.16. The monoisotopic (exact) mass is 244 g/mol. The molecule has 0 saturated heterocycles. The molecule has 0 spiro atoms. The Morgan fingerprint density at radius 2 is 2.06 bits per heavy atom. The SMILES string of the molecule is COC(=O)/C(=C(\N)c1ccccc1)n1cncn1. The predicted molar refractivity (Wildman–Crippen MR) is 65.8 cm³/mol. The average molecular weight is 244 g/mol. The quantitative estimate of drug-likeness (QED) is 0.636. The smallest absolute Gasteiger partial charge is 0.358 e. The van der Waals surface area contributed by atoms with Crippen LogP contribution >= 0.6 is 0 Å². The van der Waals surface area contributed by atoms with Crippen LogP contribution in [0.4, 0.5) is 0 Å². The van der Waals surface area contributed by atoms with Crippen molar-refractivity contribution in [2.24, 2.45) is 5.73 Å². The number of rotatable bonds is 3. The van der Waals surface area contributed by atoms with Crippen molar-refractivity contribution in [3.8, 4) is 0 Å². The van der Waals surface area contributed by atoms with Crippen LogP contribution in [0, 0.1) is 0 Å². The van der Waals surface area contributed by atoms with Crippen LogP contribution in [0.2, 0.25) is 0 Å². The minimum Gasteiger partial charge on any atom is -0.464 e. The number of esters is 1. The second kappa shape index (κ2) is 5.13. The van der Waals surface area contributed by atoms with Gasteiger partial charge < -0.3 is 10.5 Å². The number of methoxy groups -OCH3 is 1. The molecule has 0 aliphatic carbocycles. The number of carbonyl (C=O) groups is 1. The van der Waals surface area contributed by atoms with Gasteiger partial charge in [-0.15, -0.1) is 0 Å². The zero-order valence-corrected chi connectivity index (χ0v) is 9.78. The highest BCUT2D eigenvalue weighted by Gasteiger charge is 2.18. The lowest BCUT2D eigenvalue weighted by atomic mass is 10.1. The highest BCUT2D eigenvalue weighted by Crippen LogP contribution is 2.17. The van der Waals surface area contributed by atoms with Gasteiger partial charge >= 0.3 is 5.97 Å². The molecule has 0 saturated carbocycles. The van der Waals surface area contributed by atoms with Gasteiger partial charge in [0.1, 0.15) is 12.7 Å². The second-order valence-corrected chi connectivity index (χ2v) is 3.46. The van der Waals surface area contributed by atoms with Crippen LogP contribution in [0.5, 0.6) is 0 Å². The van der Waals surface area contributed by atoms with Crippen molar-refractivity contribution in [2.45, 2.75) is 0 Å². The third-order valence-corrected chi connectivity index (χ3v) is 2.37. The summed E-state index contributed by atoms with van der Waals surface area (Å²) in [6, 6.07) is 9.13. The minimum atomic E-state index is -0.568. The topological polar surface area (TPSA) is 83.0 Å². The molecular weight excluding hydrogens is 232 g/mol. The summed E-state index contributed by atoms with van der Waals surface area (Å²) in [6.07, 6.45) is 2.71. The molecule has 6 heteroatoms. The first kappa shape index (κ1) is 11.8. The van der Waals surface area contributed by atoms with E-state index in [-0.39, 0.29) is 11.4 Å². The molecule has 0 fully saturated rings. The molecule has 2 rings (SSSR count). The molecule has 0 radical (unpaired) electrons. The second-order valence-electron chi connectivity index (χ2n) is 3.46. The molecule has 0 unspecified atom stereocenters. The van der Waals surface area contributed by atoms with Gasteiger partial charge in [-0.1, -0.05) is 30.3 Å². The van der Waals surface area contributed by atoms with Gasteiger partial charge in [-0.2, -0.15) is 5.10 Å². The largest absolute Gasteiger partial charge is 0.464 e. The lowest BCUT2D eigenvalue weighted by Gasteiger charge is -2.09. The Morgan fingerprint density at radius 1 is 1.33 bits per heavy atom. The first-order valence-electron chi connectivity index (χ1n) is 5.22. The van der Waals surface area contributed by atoms with Crippen molar-refractivity contribution in [3.05, 3.63) is 48.5 Å². The van der Waals surface area contributed by atoms with Crippen LogP contribution in [-0.2, 0) is 9.53 Å². The van der Waals surface area contributed by atoms with Crippen molar-refractivity contribution < 1.29 is 9.53 Å². The first-order valence-corrected chi connectivity index (χ1v) is 5.22. The van der Waals surface area contributed by atoms with Gasteiger partial charge in [0.15, 0.2) is 5.70 Å². The van der Waals surface area contributed by atoms with Crippen molar-refractivity contribution in [1.29, 1.82) is 0 Å². The molecule has 0 aliphatic heterocycles. The maximum atomic E-state index is 11.8. The van der Waals surface area contributed by atoms with E-state index < -0.39 is 5.97 Å². The van der Waals surface area contributed by atoms with Gasteiger partial charge in [0.05, 0.1) is 12.8 Å². The van der Waals surface area contributed by atoms with E-state index >= 15 is 0 Å². The summed E-state index contributed by atoms with van der Waals surface area (Å²) >= 11 is 0. The summed E-state index contributed by atoms with van der Waals surface area (Å²) in [5.41, 5.74) is 7.14. The fraction of sp³-hybridized carbons (Fsp3) is 0.0833. The van der Waals surface area contributed by atoms with E-state index in [2.05, 4.69) is 10.1 Å². The highest BCUT2D eigenvalue weighted by atomic mass is 16.5. The van der Waals surface area contributed by atoms with E-state index in [0.717, 1.165) is 0 Å². The molecule has 6 nitrogen and oxygen atoms in total. The van der Waals surface area contributed by atoms with Crippen LogP contribution in [-0.4, -0.2) is 27.8 Å². The zero-order chi connectivity index (χ0) is 13.0. The summed E-state index contributed by atoms with van der Waals surface area (Å²) in [6.45, 7) is 0. The molecule has 0 aliphatic rings. The van der Waals surface area contributed by atoms with Gasteiger partial charge in [0.25, 0.3) is 0 Å². The fourth-order valence-electron chi connectivity index (χ4n) is 1.50. The molecule has 2 N–H and O–H groups in total. The molecule has 1 aromatic heterocycles. The van der Waals surface area contributed by atoms with Gasteiger partial charge in [0, 0.05) is 0 Å². The number of ether oxygens (including phenoxy) is 1. The lowest BCUT2D eigenvalue weighted by molar-refractivity contribution is -0.134. The average Bonchev–Trinajstić information content (AvgIpc) is 2.93. The maximum Gasteiger partial charge on any atom is 0.358 e. The Kier molecular flexibility index (Phi) is 3.38. The van der Waals surface area contributed by atoms with Gasteiger partial charge in [-0.25, -0.2) is 14.5 Å². The molecule has 0 amide bonds. The molecule has 18 heavy (non-hydrogen) atoms. The molecule has 2 aromatic rings. The number of nitrogens with two attached hydrogens (primary N) is 1. The van der Waals surface area contributed by atoms with Crippen molar-refractivity contribution >= 4 is 17.4 Å². The number of benzene rings is 1. The van der Waals surface area contributed by atoms with Crippen molar-refractivity contribution in [2.75, 3.05) is 7.11 Å². The van der Waals surface area contributed by atoms with Gasteiger partial charge in [0.2, 0.25) is 0 Å². The molecule has 1 aromatic carbocycles. The third kappa shape index (κ3) is 2.22. The summed E-state index contributed by atoms with van der Waals surface area (Å²) in [4.78, 5) is 15.6. The molecule has 0 bridgehead atoms. The highest BCUT2D eigenvalue weighted by molar-refractivity contribution is 6.17. The van der Waals surface area contributed by atoms with E-state index in [9.17, 15) is 4.79 Å². The van der Waals surface area contributed by atoms with Crippen LogP contribution < -0.4 is 5.73 Å². The van der Waals surface area contributed by atoms with Crippen LogP contribution in [0.15, 0.2) is 43.0 Å². The molecule has 92 valence electrons. The number of hydrogen-bond donors (Lipinski definition) is 1. The minimum absolute atomic E-state index is 0.140. The number of aromatic nitrogens is 3. The Hall–Kier alpha value is -2.63. The number of carbonyl (C=O) groups excluding carboxylic acids is 1. The van der Waals surface area contributed by atoms with Crippen LogP contribution in [0.1, 0.15) is 5.56 Å². The normalized spacial score (nSPS) is 11.8. The van der Waals surface area contributed by atoms with Gasteiger partial charge in [-0.05, 0) is 5.56 Å².